The summed E-state index contributed by atoms with van der Waals surface area (Å²) >= 11 is 3.51. The third kappa shape index (κ3) is 3.80. The van der Waals surface area contributed by atoms with Crippen molar-refractivity contribution in [2.24, 2.45) is 16.3 Å². The van der Waals surface area contributed by atoms with Gasteiger partial charge in [-0.25, -0.2) is 0 Å². The molecule has 0 radical (unpaired) electrons. The molecule has 0 spiro atoms. The number of nitrogens with one attached hydrogen (secondary N) is 2. The lowest BCUT2D eigenvalue weighted by atomic mass is 9.57. The van der Waals surface area contributed by atoms with Gasteiger partial charge in [-0.15, -0.1) is 0 Å². The molecule has 2 N–H and O–H groups in total. The molecule has 1 saturated carbocycles. The molecule has 1 saturated heterocycles. The average Bonchev–Trinajstić information content (AvgIpc) is 3.04. The van der Waals surface area contributed by atoms with Gasteiger partial charge in [0, 0.05) is 31.0 Å². The Morgan fingerprint density at radius 1 is 1.44 bits per heavy atom. The normalized spacial score (nSPS) is 28.7. The van der Waals surface area contributed by atoms with E-state index in [2.05, 4.69) is 45.4 Å². The minimum Gasteiger partial charge on any atom is -0.488 e. The number of benzene rings is 1. The van der Waals surface area contributed by atoms with Crippen LogP contribution in [0.1, 0.15) is 27.2 Å². The van der Waals surface area contributed by atoms with E-state index in [1.54, 1.807) is 0 Å². The molecule has 1 aromatic carbocycles. The first kappa shape index (κ1) is 18.5. The SMILES string of the molecule is CN=C(NCC(C)Oc1ccccc1Br)NC1C2CCOC2C1(C)C. The zero-order valence-corrected chi connectivity index (χ0v) is 17.0. The third-order valence-corrected chi connectivity index (χ3v) is 5.99. The van der Waals surface area contributed by atoms with E-state index in [1.807, 2.05) is 38.2 Å². The van der Waals surface area contributed by atoms with E-state index in [0.29, 0.717) is 24.6 Å². The summed E-state index contributed by atoms with van der Waals surface area (Å²) in [5.41, 5.74) is 0.135. The van der Waals surface area contributed by atoms with Crippen LogP contribution in [0.2, 0.25) is 0 Å². The second kappa shape index (κ2) is 7.54. The van der Waals surface area contributed by atoms with Crippen molar-refractivity contribution in [3.63, 3.8) is 0 Å². The largest absolute Gasteiger partial charge is 0.488 e. The van der Waals surface area contributed by atoms with Gasteiger partial charge >= 0.3 is 0 Å². The predicted octanol–water partition coefficient (Wildman–Crippen LogP) is 3.19. The van der Waals surface area contributed by atoms with Crippen LogP contribution in [0, 0.1) is 11.3 Å². The minimum absolute atomic E-state index is 0.0224. The van der Waals surface area contributed by atoms with Crippen LogP contribution >= 0.6 is 15.9 Å². The maximum absolute atomic E-state index is 5.98. The van der Waals surface area contributed by atoms with Crippen LogP contribution in [-0.4, -0.2) is 44.4 Å². The number of halogens is 1. The lowest BCUT2D eigenvalue weighted by molar-refractivity contribution is -0.106. The molecule has 1 aliphatic carbocycles. The molecule has 4 unspecified atom stereocenters. The molecule has 5 nitrogen and oxygen atoms in total. The van der Waals surface area contributed by atoms with E-state index < -0.39 is 0 Å². The standard InChI is InChI=1S/C19H28BrN3O2/c1-12(25-15-8-6-5-7-14(15)20)11-22-18(21-4)23-16-13-9-10-24-17(13)19(16,2)3/h5-8,12-13,16-17H,9-11H2,1-4H3,(H2,21,22,23). The molecule has 0 amide bonds. The van der Waals surface area contributed by atoms with Gasteiger partial charge < -0.3 is 20.1 Å². The summed E-state index contributed by atoms with van der Waals surface area (Å²) in [6.07, 6.45) is 1.53. The van der Waals surface area contributed by atoms with Crippen molar-refractivity contribution in [3.05, 3.63) is 28.7 Å². The fourth-order valence-electron chi connectivity index (χ4n) is 4.00. The van der Waals surface area contributed by atoms with Gasteiger partial charge in [-0.2, -0.15) is 0 Å². The topological polar surface area (TPSA) is 54.9 Å². The Morgan fingerprint density at radius 2 is 2.20 bits per heavy atom. The molecule has 2 aliphatic rings. The highest BCUT2D eigenvalue weighted by molar-refractivity contribution is 9.10. The second-order valence-electron chi connectivity index (χ2n) is 7.50. The molecule has 138 valence electrons. The minimum atomic E-state index is 0.0224. The van der Waals surface area contributed by atoms with Gasteiger partial charge in [-0.05, 0) is 41.4 Å². The van der Waals surface area contributed by atoms with Crippen LogP contribution in [0.4, 0.5) is 0 Å². The Labute approximate surface area is 158 Å². The van der Waals surface area contributed by atoms with Gasteiger partial charge in [0.25, 0.3) is 0 Å². The van der Waals surface area contributed by atoms with Crippen molar-refractivity contribution in [3.8, 4) is 5.75 Å². The monoisotopic (exact) mass is 409 g/mol. The molecule has 6 heteroatoms. The fourth-order valence-corrected chi connectivity index (χ4v) is 4.38. The van der Waals surface area contributed by atoms with Crippen LogP contribution < -0.4 is 15.4 Å². The smallest absolute Gasteiger partial charge is 0.191 e. The van der Waals surface area contributed by atoms with Gasteiger partial charge in [0.15, 0.2) is 5.96 Å². The number of fused-ring (bicyclic) bond motifs is 1. The van der Waals surface area contributed by atoms with Gasteiger partial charge in [0.1, 0.15) is 11.9 Å². The van der Waals surface area contributed by atoms with Crippen LogP contribution in [0.25, 0.3) is 0 Å². The highest BCUT2D eigenvalue weighted by Gasteiger charge is 2.59. The van der Waals surface area contributed by atoms with Crippen LogP contribution in [0.15, 0.2) is 33.7 Å². The Balaban J connectivity index is 1.50. The Bertz CT molecular complexity index is 635. The Kier molecular flexibility index (Phi) is 5.58. The summed E-state index contributed by atoms with van der Waals surface area (Å²) < 4.78 is 12.8. The molecule has 2 fully saturated rings. The summed E-state index contributed by atoms with van der Waals surface area (Å²) in [5, 5.41) is 6.97. The summed E-state index contributed by atoms with van der Waals surface area (Å²) in [7, 11) is 1.81. The summed E-state index contributed by atoms with van der Waals surface area (Å²) in [4.78, 5) is 4.37. The van der Waals surface area contributed by atoms with Crippen LogP contribution in [0.5, 0.6) is 5.75 Å². The van der Waals surface area contributed by atoms with E-state index in [-0.39, 0.29) is 11.5 Å². The van der Waals surface area contributed by atoms with Crippen molar-refractivity contribution in [2.75, 3.05) is 20.2 Å². The van der Waals surface area contributed by atoms with Gasteiger partial charge in [-0.1, -0.05) is 26.0 Å². The van der Waals surface area contributed by atoms with E-state index in [4.69, 9.17) is 9.47 Å². The van der Waals surface area contributed by atoms with Crippen LogP contribution in [0.3, 0.4) is 0 Å². The Hall–Kier alpha value is -1.27. The third-order valence-electron chi connectivity index (χ3n) is 5.34. The van der Waals surface area contributed by atoms with E-state index in [1.165, 1.54) is 0 Å². The number of hydrogen-bond donors (Lipinski definition) is 2. The number of guanidine groups is 1. The molecular formula is C19H28BrN3O2. The van der Waals surface area contributed by atoms with E-state index >= 15 is 0 Å². The summed E-state index contributed by atoms with van der Waals surface area (Å²) in [6.45, 7) is 8.14. The molecule has 3 rings (SSSR count). The van der Waals surface area contributed by atoms with Crippen LogP contribution in [-0.2, 0) is 4.74 Å². The molecule has 1 aromatic rings. The van der Waals surface area contributed by atoms with Crippen molar-refractivity contribution in [1.29, 1.82) is 0 Å². The number of hydrogen-bond acceptors (Lipinski definition) is 3. The molecule has 0 bridgehead atoms. The molecule has 0 aromatic heterocycles. The number of para-hydroxylation sites is 1. The molecular weight excluding hydrogens is 382 g/mol. The first-order chi connectivity index (χ1) is 11.9. The van der Waals surface area contributed by atoms with Crippen molar-refractivity contribution < 1.29 is 9.47 Å². The number of nitrogens with zero attached hydrogens (tertiary/aromatic N) is 1. The van der Waals surface area contributed by atoms with Gasteiger partial charge in [0.05, 0.1) is 17.1 Å². The van der Waals surface area contributed by atoms with Crippen molar-refractivity contribution >= 4 is 21.9 Å². The first-order valence-electron chi connectivity index (χ1n) is 8.93. The molecule has 4 atom stereocenters. The quantitative estimate of drug-likeness (QED) is 0.578. The Morgan fingerprint density at radius 3 is 2.92 bits per heavy atom. The number of rotatable bonds is 5. The zero-order valence-electron chi connectivity index (χ0n) is 15.4. The fraction of sp³-hybridized carbons (Fsp3) is 0.632. The molecule has 1 heterocycles. The second-order valence-corrected chi connectivity index (χ2v) is 8.35. The lowest BCUT2D eigenvalue weighted by Crippen LogP contribution is -2.68. The zero-order chi connectivity index (χ0) is 18.0. The first-order valence-corrected chi connectivity index (χ1v) is 9.72. The summed E-state index contributed by atoms with van der Waals surface area (Å²) in [6, 6.07) is 8.29. The lowest BCUT2D eigenvalue weighted by Gasteiger charge is -2.54. The highest BCUT2D eigenvalue weighted by atomic mass is 79.9. The van der Waals surface area contributed by atoms with Gasteiger partial charge in [-0.3, -0.25) is 4.99 Å². The molecule has 1 aliphatic heterocycles. The van der Waals surface area contributed by atoms with E-state index in [9.17, 15) is 0 Å². The van der Waals surface area contributed by atoms with E-state index in [0.717, 1.165) is 29.2 Å². The predicted molar refractivity (Wildman–Crippen MR) is 104 cm³/mol. The maximum Gasteiger partial charge on any atom is 0.191 e. The van der Waals surface area contributed by atoms with Gasteiger partial charge in [0.2, 0.25) is 0 Å². The maximum atomic E-state index is 5.98. The highest BCUT2D eigenvalue weighted by Crippen LogP contribution is 2.52. The number of aliphatic imine (C=N–C) groups is 1. The average molecular weight is 410 g/mol. The summed E-state index contributed by atoms with van der Waals surface area (Å²) in [5.74, 6) is 2.26. The van der Waals surface area contributed by atoms with Crippen molar-refractivity contribution in [2.45, 2.75) is 45.4 Å². The molecule has 25 heavy (non-hydrogen) atoms. The van der Waals surface area contributed by atoms with Crippen molar-refractivity contribution in [1.82, 2.24) is 10.6 Å². The number of ether oxygens (including phenoxy) is 2.